The zero-order valence-electron chi connectivity index (χ0n) is 15.3. The number of rotatable bonds is 5. The number of carbonyl (C=O) groups excluding carboxylic acids is 1. The fourth-order valence-electron chi connectivity index (χ4n) is 2.69. The Morgan fingerprint density at radius 3 is 2.97 bits per heavy atom. The Morgan fingerprint density at radius 1 is 1.31 bits per heavy atom. The minimum Gasteiger partial charge on any atom is -0.465 e. The molecule has 0 saturated carbocycles. The van der Waals surface area contributed by atoms with Crippen molar-refractivity contribution in [1.82, 2.24) is 9.97 Å². The summed E-state index contributed by atoms with van der Waals surface area (Å²) in [5.74, 6) is 0.982. The first-order valence-electron chi connectivity index (χ1n) is 8.60. The molecule has 0 aliphatic carbocycles. The third-order valence-corrected chi connectivity index (χ3v) is 5.13. The van der Waals surface area contributed by atoms with E-state index in [9.17, 15) is 10.1 Å². The number of anilines is 2. The van der Waals surface area contributed by atoms with Crippen LogP contribution in [0.2, 0.25) is 0 Å². The number of para-hydroxylation sites is 2. The minimum atomic E-state index is -0.366. The van der Waals surface area contributed by atoms with Gasteiger partial charge in [-0.3, -0.25) is 0 Å². The van der Waals surface area contributed by atoms with Gasteiger partial charge >= 0.3 is 5.97 Å². The van der Waals surface area contributed by atoms with Crippen LogP contribution in [-0.4, -0.2) is 23.0 Å². The highest BCUT2D eigenvalue weighted by molar-refractivity contribution is 7.13. The van der Waals surface area contributed by atoms with Gasteiger partial charge in [0.05, 0.1) is 25.0 Å². The summed E-state index contributed by atoms with van der Waals surface area (Å²) >= 11 is 1.33. The summed E-state index contributed by atoms with van der Waals surface area (Å²) in [6, 6.07) is 14.8. The summed E-state index contributed by atoms with van der Waals surface area (Å²) in [6.45, 7) is 0.434. The number of nitrogens with one attached hydrogen (secondary N) is 2. The Bertz CT molecular complexity index is 1120. The number of carbonyl (C=O) groups is 1. The van der Waals surface area contributed by atoms with Crippen LogP contribution in [0.3, 0.4) is 0 Å². The van der Waals surface area contributed by atoms with Crippen molar-refractivity contribution in [2.24, 2.45) is 0 Å². The molecule has 0 fully saturated rings. The maximum Gasteiger partial charge on any atom is 0.348 e. The summed E-state index contributed by atoms with van der Waals surface area (Å²) in [6.07, 6.45) is 1.57. The van der Waals surface area contributed by atoms with Crippen molar-refractivity contribution in [1.29, 1.82) is 5.26 Å². The molecule has 1 aromatic carbocycles. The summed E-state index contributed by atoms with van der Waals surface area (Å²) in [5, 5.41) is 15.8. The maximum atomic E-state index is 11.6. The third-order valence-electron chi connectivity index (χ3n) is 4.07. The average Bonchev–Trinajstić information content (AvgIpc) is 3.39. The molecule has 0 atom stereocenters. The number of esters is 1. The second kappa shape index (κ2) is 8.00. The number of fused-ring (bicyclic) bond motifs is 1. The van der Waals surface area contributed by atoms with Crippen molar-refractivity contribution in [3.63, 3.8) is 0 Å². The fraction of sp³-hybridized carbons (Fsp3) is 0.100. The lowest BCUT2D eigenvalue weighted by atomic mass is 10.2. The van der Waals surface area contributed by atoms with Gasteiger partial charge in [0.25, 0.3) is 0 Å². The topological polar surface area (TPSA) is 109 Å². The van der Waals surface area contributed by atoms with E-state index in [1.54, 1.807) is 18.3 Å². The molecule has 0 spiro atoms. The van der Waals surface area contributed by atoms with E-state index >= 15 is 0 Å². The number of hydrogen-bond donors (Lipinski definition) is 2. The van der Waals surface area contributed by atoms with Crippen LogP contribution in [0.5, 0.6) is 5.75 Å². The molecule has 29 heavy (non-hydrogen) atoms. The van der Waals surface area contributed by atoms with Crippen molar-refractivity contribution < 1.29 is 14.3 Å². The number of allylic oxidation sites excluding steroid dienone is 1. The summed E-state index contributed by atoms with van der Waals surface area (Å²) in [4.78, 5) is 21.6. The van der Waals surface area contributed by atoms with Gasteiger partial charge in [0.1, 0.15) is 16.5 Å². The van der Waals surface area contributed by atoms with E-state index in [1.807, 2.05) is 30.3 Å². The molecule has 0 bridgehead atoms. The molecular formula is C20H15N5O3S. The zero-order valence-corrected chi connectivity index (χ0v) is 16.1. The number of benzene rings is 1. The number of aromatic nitrogens is 2. The third kappa shape index (κ3) is 3.88. The zero-order chi connectivity index (χ0) is 20.2. The van der Waals surface area contributed by atoms with Gasteiger partial charge in [0.15, 0.2) is 5.75 Å². The molecule has 2 aromatic heterocycles. The highest BCUT2D eigenvalue weighted by atomic mass is 32.1. The highest BCUT2D eigenvalue weighted by Crippen LogP contribution is 2.35. The van der Waals surface area contributed by atoms with E-state index in [4.69, 9.17) is 9.47 Å². The predicted octanol–water partition coefficient (Wildman–Crippen LogP) is 3.63. The van der Waals surface area contributed by atoms with Crippen LogP contribution in [0.1, 0.15) is 20.2 Å². The Labute approximate surface area is 170 Å². The largest absolute Gasteiger partial charge is 0.465 e. The lowest BCUT2D eigenvalue weighted by Gasteiger charge is -2.07. The minimum absolute atomic E-state index is 0.274. The van der Waals surface area contributed by atoms with Gasteiger partial charge in [-0.2, -0.15) is 5.26 Å². The molecule has 0 unspecified atom stereocenters. The number of nitrogens with zero attached hydrogens (tertiary/aromatic N) is 3. The molecule has 1 aliphatic rings. The Hall–Kier alpha value is -3.90. The number of nitriles is 1. The average molecular weight is 405 g/mol. The molecule has 2 N–H and O–H groups in total. The van der Waals surface area contributed by atoms with Crippen molar-refractivity contribution in [3.8, 4) is 11.8 Å². The first-order valence-corrected chi connectivity index (χ1v) is 9.42. The first kappa shape index (κ1) is 18.5. The van der Waals surface area contributed by atoms with Gasteiger partial charge in [0.2, 0.25) is 11.8 Å². The molecule has 9 heteroatoms. The molecule has 3 heterocycles. The summed E-state index contributed by atoms with van der Waals surface area (Å²) in [7, 11) is 1.35. The number of methoxy groups -OCH3 is 1. The van der Waals surface area contributed by atoms with Gasteiger partial charge in [0, 0.05) is 11.1 Å². The quantitative estimate of drug-likeness (QED) is 0.489. The van der Waals surface area contributed by atoms with Crippen LogP contribution in [0, 0.1) is 11.3 Å². The van der Waals surface area contributed by atoms with Crippen LogP contribution < -0.4 is 15.4 Å². The van der Waals surface area contributed by atoms with Crippen LogP contribution >= 0.6 is 11.3 Å². The fourth-order valence-corrected chi connectivity index (χ4v) is 3.55. The van der Waals surface area contributed by atoms with Gasteiger partial charge in [-0.1, -0.05) is 12.1 Å². The van der Waals surface area contributed by atoms with Gasteiger partial charge in [-0.15, -0.1) is 11.3 Å². The molecule has 0 saturated heterocycles. The van der Waals surface area contributed by atoms with E-state index < -0.39 is 0 Å². The monoisotopic (exact) mass is 405 g/mol. The molecule has 4 rings (SSSR count). The molecule has 3 aromatic rings. The Balaban J connectivity index is 1.51. The Morgan fingerprint density at radius 2 is 2.17 bits per heavy atom. The second-order valence-corrected chi connectivity index (χ2v) is 7.08. The standard InChI is InChI=1S/C20H15N5O3S/c1-27-19(26)17-7-6-12(29-17)11-23-20-22-9-8-14(25-20)13(10-21)18-24-15-4-2-3-5-16(15)28-18/h2-9,24H,11H2,1H3,(H,22,23,25)/b18-13-. The van der Waals surface area contributed by atoms with Crippen molar-refractivity contribution in [3.05, 3.63) is 70.0 Å². The summed E-state index contributed by atoms with van der Waals surface area (Å²) in [5.41, 5.74) is 1.50. The van der Waals surface area contributed by atoms with Crippen LogP contribution in [0.15, 0.2) is 54.5 Å². The second-order valence-electron chi connectivity index (χ2n) is 5.92. The molecular weight excluding hydrogens is 390 g/mol. The van der Waals surface area contributed by atoms with Crippen LogP contribution in [0.4, 0.5) is 11.6 Å². The normalized spacial score (nSPS) is 13.5. The molecule has 0 radical (unpaired) electrons. The molecule has 1 aliphatic heterocycles. The van der Waals surface area contributed by atoms with Gasteiger partial charge < -0.3 is 20.1 Å². The van der Waals surface area contributed by atoms with E-state index in [2.05, 4.69) is 26.7 Å². The van der Waals surface area contributed by atoms with Crippen LogP contribution in [-0.2, 0) is 11.3 Å². The first-order chi connectivity index (χ1) is 14.2. The van der Waals surface area contributed by atoms with Gasteiger partial charge in [-0.25, -0.2) is 14.8 Å². The number of hydrogen-bond acceptors (Lipinski definition) is 9. The maximum absolute atomic E-state index is 11.6. The Kier molecular flexibility index (Phi) is 5.09. The lowest BCUT2D eigenvalue weighted by molar-refractivity contribution is 0.0606. The van der Waals surface area contributed by atoms with Gasteiger partial charge in [-0.05, 0) is 30.3 Å². The summed E-state index contributed by atoms with van der Waals surface area (Å²) < 4.78 is 10.5. The van der Waals surface area contributed by atoms with E-state index in [-0.39, 0.29) is 11.5 Å². The predicted molar refractivity (Wildman–Crippen MR) is 108 cm³/mol. The number of ether oxygens (including phenoxy) is 2. The van der Waals surface area contributed by atoms with Crippen LogP contribution in [0.25, 0.3) is 5.57 Å². The SMILES string of the molecule is COC(=O)c1ccc(CNc2nccc(/C(C#N)=C3/Nc4ccccc4O3)n2)s1. The molecule has 144 valence electrons. The van der Waals surface area contributed by atoms with Crippen molar-refractivity contribution in [2.45, 2.75) is 6.54 Å². The number of thiophene rings is 1. The van der Waals surface area contributed by atoms with E-state index in [0.29, 0.717) is 34.7 Å². The highest BCUT2D eigenvalue weighted by Gasteiger charge is 2.22. The molecule has 0 amide bonds. The molecule has 8 nitrogen and oxygen atoms in total. The van der Waals surface area contributed by atoms with E-state index in [1.165, 1.54) is 18.4 Å². The van der Waals surface area contributed by atoms with Crippen molar-refractivity contribution >= 4 is 34.5 Å². The smallest absolute Gasteiger partial charge is 0.348 e. The van der Waals surface area contributed by atoms with E-state index in [0.717, 1.165) is 10.6 Å². The lowest BCUT2D eigenvalue weighted by Crippen LogP contribution is -2.06. The van der Waals surface area contributed by atoms with Crippen molar-refractivity contribution in [2.75, 3.05) is 17.7 Å².